The molecule has 6 heteroatoms. The predicted octanol–water partition coefficient (Wildman–Crippen LogP) is 3.32. The van der Waals surface area contributed by atoms with E-state index in [1.165, 1.54) is 0 Å². The summed E-state index contributed by atoms with van der Waals surface area (Å²) in [5, 5.41) is 2.95. The molecule has 1 atom stereocenters. The number of anilines is 1. The Morgan fingerprint density at radius 2 is 1.93 bits per heavy atom. The lowest BCUT2D eigenvalue weighted by molar-refractivity contribution is -0.139. The van der Waals surface area contributed by atoms with E-state index >= 15 is 0 Å². The maximum absolute atomic E-state index is 12.6. The summed E-state index contributed by atoms with van der Waals surface area (Å²) >= 11 is 0. The minimum atomic E-state index is -0.793. The molecule has 1 aliphatic heterocycles. The van der Waals surface area contributed by atoms with Crippen LogP contribution >= 0.6 is 0 Å². The van der Waals surface area contributed by atoms with Crippen LogP contribution in [0, 0.1) is 0 Å². The molecule has 1 aromatic carbocycles. The topological polar surface area (TPSA) is 60.0 Å². The number of morpholine rings is 1. The highest BCUT2D eigenvalue weighted by molar-refractivity contribution is 5.97. The molecule has 152 valence electrons. The third kappa shape index (κ3) is 7.13. The van der Waals surface area contributed by atoms with Crippen LogP contribution in [-0.4, -0.2) is 62.5 Å². The molecular formula is C21H34N2O4. The molecule has 1 aromatic rings. The summed E-state index contributed by atoms with van der Waals surface area (Å²) in [5.74, 6) is 0.710. The molecule has 6 nitrogen and oxygen atoms in total. The average molecular weight is 379 g/mol. The standard InChI is InChI=1S/C21H34N2O4/c1-4-11-21(3,27-5-2)20(24)22-18-7-9-19(10-8-18)26-15-6-12-23-13-16-25-17-14-23/h7-10H,4-6,11-17H2,1-3H3,(H,22,24)/t21-/m0/s1. The maximum Gasteiger partial charge on any atom is 0.256 e. The average Bonchev–Trinajstić information content (AvgIpc) is 2.67. The van der Waals surface area contributed by atoms with Crippen LogP contribution in [0.5, 0.6) is 5.75 Å². The van der Waals surface area contributed by atoms with Gasteiger partial charge in [-0.1, -0.05) is 13.3 Å². The van der Waals surface area contributed by atoms with E-state index < -0.39 is 5.60 Å². The van der Waals surface area contributed by atoms with Gasteiger partial charge in [-0.05, 0) is 51.0 Å². The minimum absolute atomic E-state index is 0.106. The Morgan fingerprint density at radius 3 is 2.56 bits per heavy atom. The summed E-state index contributed by atoms with van der Waals surface area (Å²) in [6.07, 6.45) is 2.57. The van der Waals surface area contributed by atoms with Crippen molar-refractivity contribution < 1.29 is 19.0 Å². The van der Waals surface area contributed by atoms with Crippen molar-refractivity contribution in [1.29, 1.82) is 0 Å². The van der Waals surface area contributed by atoms with Crippen LogP contribution in [0.1, 0.15) is 40.0 Å². The molecule has 2 rings (SSSR count). The van der Waals surface area contributed by atoms with Crippen LogP contribution in [0.25, 0.3) is 0 Å². The lowest BCUT2D eigenvalue weighted by Gasteiger charge is -2.27. The second kappa shape index (κ2) is 11.3. The normalized spacial score (nSPS) is 17.3. The smallest absolute Gasteiger partial charge is 0.256 e. The van der Waals surface area contributed by atoms with Crippen LogP contribution in [0.4, 0.5) is 5.69 Å². The van der Waals surface area contributed by atoms with Gasteiger partial charge in [0.25, 0.3) is 5.91 Å². The fraction of sp³-hybridized carbons (Fsp3) is 0.667. The number of ether oxygens (including phenoxy) is 3. The van der Waals surface area contributed by atoms with Crippen molar-refractivity contribution in [3.8, 4) is 5.75 Å². The quantitative estimate of drug-likeness (QED) is 0.599. The number of carbonyl (C=O) groups excluding carboxylic acids is 1. The molecular weight excluding hydrogens is 344 g/mol. The van der Waals surface area contributed by atoms with Crippen LogP contribution in [0.3, 0.4) is 0 Å². The maximum atomic E-state index is 12.6. The first-order chi connectivity index (χ1) is 13.1. The molecule has 1 heterocycles. The molecule has 1 saturated heterocycles. The molecule has 0 bridgehead atoms. The van der Waals surface area contributed by atoms with E-state index in [0.29, 0.717) is 19.6 Å². The Balaban J connectivity index is 1.76. The van der Waals surface area contributed by atoms with E-state index in [4.69, 9.17) is 14.2 Å². The number of hydrogen-bond donors (Lipinski definition) is 1. The summed E-state index contributed by atoms with van der Waals surface area (Å²) in [7, 11) is 0. The molecule has 0 unspecified atom stereocenters. The van der Waals surface area contributed by atoms with Gasteiger partial charge in [0.15, 0.2) is 0 Å². The second-order valence-corrected chi connectivity index (χ2v) is 7.05. The molecule has 1 amide bonds. The Bertz CT molecular complexity index is 550. The van der Waals surface area contributed by atoms with E-state index in [9.17, 15) is 4.79 Å². The van der Waals surface area contributed by atoms with Crippen molar-refractivity contribution in [2.45, 2.75) is 45.6 Å². The summed E-state index contributed by atoms with van der Waals surface area (Å²) in [4.78, 5) is 15.0. The van der Waals surface area contributed by atoms with Gasteiger partial charge >= 0.3 is 0 Å². The first kappa shape index (κ1) is 21.7. The fourth-order valence-electron chi connectivity index (χ4n) is 3.25. The van der Waals surface area contributed by atoms with E-state index in [2.05, 4.69) is 17.1 Å². The van der Waals surface area contributed by atoms with Gasteiger partial charge in [0, 0.05) is 31.9 Å². The van der Waals surface area contributed by atoms with E-state index in [-0.39, 0.29) is 5.91 Å². The van der Waals surface area contributed by atoms with Crippen molar-refractivity contribution in [1.82, 2.24) is 4.90 Å². The largest absolute Gasteiger partial charge is 0.494 e. The van der Waals surface area contributed by atoms with Crippen LogP contribution in [0.15, 0.2) is 24.3 Å². The van der Waals surface area contributed by atoms with Crippen molar-refractivity contribution in [2.24, 2.45) is 0 Å². The highest BCUT2D eigenvalue weighted by atomic mass is 16.5. The minimum Gasteiger partial charge on any atom is -0.494 e. The molecule has 1 N–H and O–H groups in total. The van der Waals surface area contributed by atoms with Gasteiger partial charge in [0.1, 0.15) is 11.4 Å². The first-order valence-electron chi connectivity index (χ1n) is 10.1. The molecule has 1 fully saturated rings. The Labute approximate surface area is 163 Å². The van der Waals surface area contributed by atoms with Gasteiger partial charge < -0.3 is 19.5 Å². The molecule has 0 aliphatic carbocycles. The molecule has 0 saturated carbocycles. The third-order valence-electron chi connectivity index (χ3n) is 4.77. The number of amides is 1. The van der Waals surface area contributed by atoms with Gasteiger partial charge in [-0.25, -0.2) is 0 Å². The SMILES string of the molecule is CCC[C@](C)(OCC)C(=O)Nc1ccc(OCCCN2CCOCC2)cc1. The zero-order valence-electron chi connectivity index (χ0n) is 17.0. The number of carbonyl (C=O) groups is 1. The number of benzene rings is 1. The van der Waals surface area contributed by atoms with E-state index in [1.54, 1.807) is 0 Å². The van der Waals surface area contributed by atoms with Gasteiger partial charge in [0.2, 0.25) is 0 Å². The van der Waals surface area contributed by atoms with Gasteiger partial charge in [0.05, 0.1) is 19.8 Å². The third-order valence-corrected chi connectivity index (χ3v) is 4.77. The number of nitrogens with one attached hydrogen (secondary N) is 1. The van der Waals surface area contributed by atoms with Crippen molar-refractivity contribution in [3.63, 3.8) is 0 Å². The Hall–Kier alpha value is -1.63. The number of hydrogen-bond acceptors (Lipinski definition) is 5. The number of rotatable bonds is 11. The van der Waals surface area contributed by atoms with Crippen molar-refractivity contribution in [3.05, 3.63) is 24.3 Å². The molecule has 0 radical (unpaired) electrons. The summed E-state index contributed by atoms with van der Waals surface area (Å²) in [5.41, 5.74) is -0.0410. The van der Waals surface area contributed by atoms with E-state index in [0.717, 1.165) is 57.1 Å². The van der Waals surface area contributed by atoms with Crippen LogP contribution < -0.4 is 10.1 Å². The molecule has 0 spiro atoms. The molecule has 27 heavy (non-hydrogen) atoms. The highest BCUT2D eigenvalue weighted by Gasteiger charge is 2.32. The lowest BCUT2D eigenvalue weighted by Crippen LogP contribution is -2.42. The van der Waals surface area contributed by atoms with Crippen molar-refractivity contribution in [2.75, 3.05) is 51.4 Å². The highest BCUT2D eigenvalue weighted by Crippen LogP contribution is 2.22. The van der Waals surface area contributed by atoms with Gasteiger partial charge in [-0.2, -0.15) is 0 Å². The van der Waals surface area contributed by atoms with Crippen molar-refractivity contribution >= 4 is 11.6 Å². The Kier molecular flexibility index (Phi) is 9.04. The monoisotopic (exact) mass is 378 g/mol. The fourth-order valence-corrected chi connectivity index (χ4v) is 3.25. The number of nitrogens with zero attached hydrogens (tertiary/aromatic N) is 1. The lowest BCUT2D eigenvalue weighted by atomic mass is 9.99. The Morgan fingerprint density at radius 1 is 1.22 bits per heavy atom. The summed E-state index contributed by atoms with van der Waals surface area (Å²) < 4.78 is 16.9. The van der Waals surface area contributed by atoms with E-state index in [1.807, 2.05) is 38.1 Å². The zero-order valence-corrected chi connectivity index (χ0v) is 17.0. The summed E-state index contributed by atoms with van der Waals surface area (Å²) in [6, 6.07) is 7.52. The predicted molar refractivity (Wildman–Crippen MR) is 107 cm³/mol. The van der Waals surface area contributed by atoms with Gasteiger partial charge in [-0.15, -0.1) is 0 Å². The van der Waals surface area contributed by atoms with Crippen LogP contribution in [-0.2, 0) is 14.3 Å². The second-order valence-electron chi connectivity index (χ2n) is 7.05. The van der Waals surface area contributed by atoms with Gasteiger partial charge in [-0.3, -0.25) is 9.69 Å². The zero-order chi connectivity index (χ0) is 19.5. The summed E-state index contributed by atoms with van der Waals surface area (Å²) in [6.45, 7) is 11.7. The molecule has 1 aliphatic rings. The van der Waals surface area contributed by atoms with Crippen LogP contribution in [0.2, 0.25) is 0 Å². The first-order valence-corrected chi connectivity index (χ1v) is 10.1. The molecule has 0 aromatic heterocycles.